The van der Waals surface area contributed by atoms with Gasteiger partial charge < -0.3 is 15.3 Å². The monoisotopic (exact) mass is 325 g/mol. The lowest BCUT2D eigenvalue weighted by molar-refractivity contribution is 0.0706. The van der Waals surface area contributed by atoms with E-state index in [1.165, 1.54) is 23.5 Å². The number of nitrogens with zero attached hydrogens (tertiary/aromatic N) is 2. The number of rotatable bonds is 2. The van der Waals surface area contributed by atoms with Gasteiger partial charge in [-0.2, -0.15) is 0 Å². The molecule has 5 nitrogen and oxygen atoms in total. The van der Waals surface area contributed by atoms with Crippen LogP contribution in [0.5, 0.6) is 0 Å². The predicted molar refractivity (Wildman–Crippen MR) is 82.2 cm³/mol. The second-order valence-corrected chi connectivity index (χ2v) is 6.17. The summed E-state index contributed by atoms with van der Waals surface area (Å²) < 4.78 is 26.8. The van der Waals surface area contributed by atoms with Crippen molar-refractivity contribution in [1.82, 2.24) is 9.80 Å². The molecule has 23 heavy (non-hydrogen) atoms. The van der Waals surface area contributed by atoms with Gasteiger partial charge >= 0.3 is 6.03 Å². The second-order valence-electron chi connectivity index (χ2n) is 6.17. The number of nitrogens with one attached hydrogen (secondary N) is 1. The third-order valence-electron chi connectivity index (χ3n) is 4.60. The zero-order valence-corrected chi connectivity index (χ0v) is 12.8. The Morgan fingerprint density at radius 3 is 2.65 bits per heavy atom. The fourth-order valence-electron chi connectivity index (χ4n) is 3.34. The Bertz CT molecular complexity index is 578. The molecule has 2 N–H and O–H groups in total. The highest BCUT2D eigenvalue weighted by Crippen LogP contribution is 2.22. The van der Waals surface area contributed by atoms with E-state index in [4.69, 9.17) is 0 Å². The smallest absolute Gasteiger partial charge is 0.322 e. The number of urea groups is 1. The molecule has 1 aromatic rings. The number of carbonyl (C=O) groups is 1. The van der Waals surface area contributed by atoms with E-state index >= 15 is 0 Å². The zero-order valence-electron chi connectivity index (χ0n) is 12.8. The zero-order chi connectivity index (χ0) is 16.4. The number of likely N-dealkylation sites (tertiary alicyclic amines) is 2. The van der Waals surface area contributed by atoms with Gasteiger partial charge in [0.25, 0.3) is 0 Å². The Morgan fingerprint density at radius 2 is 1.91 bits per heavy atom. The van der Waals surface area contributed by atoms with Crippen LogP contribution >= 0.6 is 0 Å². The number of piperidine rings is 1. The van der Waals surface area contributed by atoms with Gasteiger partial charge in [0.05, 0.1) is 24.4 Å². The van der Waals surface area contributed by atoms with Gasteiger partial charge in [-0.15, -0.1) is 0 Å². The Hall–Kier alpha value is -1.73. The van der Waals surface area contributed by atoms with Crippen LogP contribution in [0.25, 0.3) is 0 Å². The van der Waals surface area contributed by atoms with Gasteiger partial charge in [0.2, 0.25) is 0 Å². The second kappa shape index (κ2) is 6.80. The van der Waals surface area contributed by atoms with Gasteiger partial charge in [-0.25, -0.2) is 13.6 Å². The summed E-state index contributed by atoms with van der Waals surface area (Å²) in [4.78, 5) is 15.9. The van der Waals surface area contributed by atoms with Crippen LogP contribution in [0, 0.1) is 11.6 Å². The molecule has 0 bridgehead atoms. The third-order valence-corrected chi connectivity index (χ3v) is 4.60. The number of amides is 2. The molecule has 2 amide bonds. The molecule has 0 spiro atoms. The topological polar surface area (TPSA) is 55.8 Å². The van der Waals surface area contributed by atoms with Crippen molar-refractivity contribution in [3.63, 3.8) is 0 Å². The van der Waals surface area contributed by atoms with Crippen LogP contribution in [0.2, 0.25) is 0 Å². The van der Waals surface area contributed by atoms with Crippen molar-refractivity contribution < 1.29 is 18.7 Å². The molecular weight excluding hydrogens is 304 g/mol. The maximum Gasteiger partial charge on any atom is 0.322 e. The van der Waals surface area contributed by atoms with Crippen molar-refractivity contribution in [1.29, 1.82) is 0 Å². The summed E-state index contributed by atoms with van der Waals surface area (Å²) in [5, 5.41) is 12.6. The minimum Gasteiger partial charge on any atom is -0.390 e. The summed E-state index contributed by atoms with van der Waals surface area (Å²) >= 11 is 0. The Labute approximate surface area is 133 Å². The number of hydrogen-bond acceptors (Lipinski definition) is 3. The number of aliphatic hydroxyl groups is 1. The molecule has 1 aromatic carbocycles. The van der Waals surface area contributed by atoms with Crippen molar-refractivity contribution in [3.05, 3.63) is 29.8 Å². The molecule has 0 aromatic heterocycles. The Morgan fingerprint density at radius 1 is 1.17 bits per heavy atom. The molecule has 2 aliphatic rings. The summed E-state index contributed by atoms with van der Waals surface area (Å²) in [5.74, 6) is -2.08. The Balaban J connectivity index is 1.63. The molecule has 2 atom stereocenters. The number of carbonyl (C=O) groups excluding carboxylic acids is 1. The minimum atomic E-state index is -1.08. The molecule has 0 radical (unpaired) electrons. The van der Waals surface area contributed by atoms with Crippen LogP contribution < -0.4 is 5.32 Å². The number of aliphatic hydroxyl groups excluding tert-OH is 1. The van der Waals surface area contributed by atoms with Gasteiger partial charge in [0, 0.05) is 6.54 Å². The maximum atomic E-state index is 13.6. The highest BCUT2D eigenvalue weighted by molar-refractivity contribution is 5.89. The summed E-state index contributed by atoms with van der Waals surface area (Å²) in [6, 6.07) is 3.04. The highest BCUT2D eigenvalue weighted by Gasteiger charge is 2.38. The standard InChI is InChI=1S/C16H21F2N3O2/c17-11-5-4-6-12(15(11)18)19-16(23)21-9-13(14(22)10-21)20-7-2-1-3-8-20/h4-6,13-14,22H,1-3,7-10H2,(H,19,23)/t13-,14-/m0/s1. The molecule has 0 aliphatic carbocycles. The van der Waals surface area contributed by atoms with Crippen molar-refractivity contribution in [2.75, 3.05) is 31.5 Å². The van der Waals surface area contributed by atoms with E-state index in [2.05, 4.69) is 10.2 Å². The summed E-state index contributed by atoms with van der Waals surface area (Å²) in [6.07, 6.45) is 2.78. The van der Waals surface area contributed by atoms with Gasteiger partial charge in [0.1, 0.15) is 0 Å². The van der Waals surface area contributed by atoms with Crippen LogP contribution in [-0.2, 0) is 0 Å². The van der Waals surface area contributed by atoms with E-state index in [0.717, 1.165) is 32.0 Å². The average Bonchev–Trinajstić information content (AvgIpc) is 2.95. The normalized spacial score (nSPS) is 25.6. The molecule has 126 valence electrons. The highest BCUT2D eigenvalue weighted by atomic mass is 19.2. The van der Waals surface area contributed by atoms with E-state index in [1.807, 2.05) is 0 Å². The average molecular weight is 325 g/mol. The first-order valence-electron chi connectivity index (χ1n) is 7.98. The number of halogens is 2. The van der Waals surface area contributed by atoms with Crippen LogP contribution in [0.4, 0.5) is 19.3 Å². The van der Waals surface area contributed by atoms with Crippen LogP contribution in [0.3, 0.4) is 0 Å². The first kappa shape index (κ1) is 16.1. The number of β-amino-alcohol motifs (C(OH)–C–C–N with tert-alkyl or cyclic N) is 1. The molecule has 2 saturated heterocycles. The molecule has 0 saturated carbocycles. The number of hydrogen-bond donors (Lipinski definition) is 2. The molecule has 2 aliphatic heterocycles. The fraction of sp³-hybridized carbons (Fsp3) is 0.562. The van der Waals surface area contributed by atoms with E-state index in [-0.39, 0.29) is 18.3 Å². The van der Waals surface area contributed by atoms with E-state index < -0.39 is 23.8 Å². The lowest BCUT2D eigenvalue weighted by Crippen LogP contribution is -2.46. The van der Waals surface area contributed by atoms with Gasteiger partial charge in [-0.3, -0.25) is 4.90 Å². The van der Waals surface area contributed by atoms with Crippen molar-refractivity contribution >= 4 is 11.7 Å². The van der Waals surface area contributed by atoms with E-state index in [1.54, 1.807) is 0 Å². The largest absolute Gasteiger partial charge is 0.390 e. The van der Waals surface area contributed by atoms with Crippen molar-refractivity contribution in [2.24, 2.45) is 0 Å². The molecule has 0 unspecified atom stereocenters. The molecule has 2 heterocycles. The van der Waals surface area contributed by atoms with Crippen LogP contribution in [0.15, 0.2) is 18.2 Å². The number of benzene rings is 1. The SMILES string of the molecule is O=C(Nc1cccc(F)c1F)N1C[C@H](O)[C@@H](N2CCCCC2)C1. The van der Waals surface area contributed by atoms with Crippen molar-refractivity contribution in [2.45, 2.75) is 31.4 Å². The Kier molecular flexibility index (Phi) is 4.77. The van der Waals surface area contributed by atoms with Crippen molar-refractivity contribution in [3.8, 4) is 0 Å². The lowest BCUT2D eigenvalue weighted by atomic mass is 10.1. The number of anilines is 1. The molecule has 7 heteroatoms. The van der Waals surface area contributed by atoms with E-state index in [0.29, 0.717) is 6.54 Å². The fourth-order valence-corrected chi connectivity index (χ4v) is 3.34. The first-order chi connectivity index (χ1) is 11.1. The van der Waals surface area contributed by atoms with Gasteiger partial charge in [-0.05, 0) is 38.1 Å². The van der Waals surface area contributed by atoms with Crippen LogP contribution in [0.1, 0.15) is 19.3 Å². The van der Waals surface area contributed by atoms with Gasteiger partial charge in [0.15, 0.2) is 11.6 Å². The van der Waals surface area contributed by atoms with E-state index in [9.17, 15) is 18.7 Å². The van der Waals surface area contributed by atoms with Crippen LogP contribution in [-0.4, -0.2) is 59.3 Å². The third kappa shape index (κ3) is 3.45. The molecule has 3 rings (SSSR count). The summed E-state index contributed by atoms with van der Waals surface area (Å²) in [6.45, 7) is 2.44. The maximum absolute atomic E-state index is 13.6. The first-order valence-corrected chi connectivity index (χ1v) is 7.98. The molecule has 2 fully saturated rings. The lowest BCUT2D eigenvalue weighted by Gasteiger charge is -2.33. The quantitative estimate of drug-likeness (QED) is 0.875. The summed E-state index contributed by atoms with van der Waals surface area (Å²) in [7, 11) is 0. The molecular formula is C16H21F2N3O2. The minimum absolute atomic E-state index is 0.0848. The predicted octanol–water partition coefficient (Wildman–Crippen LogP) is 2.03. The van der Waals surface area contributed by atoms with Gasteiger partial charge in [-0.1, -0.05) is 12.5 Å². The summed E-state index contributed by atoms with van der Waals surface area (Å²) in [5.41, 5.74) is -0.189.